The Hall–Kier alpha value is -1.37. The van der Waals surface area contributed by atoms with Gasteiger partial charge in [-0.05, 0) is 36.0 Å². The molecule has 7 heteroatoms. The average molecular weight is 353 g/mol. The Balaban J connectivity index is 1.75. The predicted molar refractivity (Wildman–Crippen MR) is 87.4 cm³/mol. The Kier molecular flexibility index (Phi) is 3.29. The van der Waals surface area contributed by atoms with Crippen molar-refractivity contribution in [2.75, 3.05) is 0 Å². The van der Waals surface area contributed by atoms with E-state index in [-0.39, 0.29) is 15.9 Å². The molecule has 0 saturated heterocycles. The van der Waals surface area contributed by atoms with Crippen LogP contribution in [0, 0.1) is 0 Å². The number of nitrogens with zero attached hydrogens (tertiary/aromatic N) is 2. The molecule has 2 heterocycles. The second-order valence-electron chi connectivity index (χ2n) is 5.48. The van der Waals surface area contributed by atoms with Gasteiger partial charge < -0.3 is 0 Å². The van der Waals surface area contributed by atoms with Crippen LogP contribution in [0.1, 0.15) is 23.1 Å². The Bertz CT molecular complexity index is 973. The summed E-state index contributed by atoms with van der Waals surface area (Å²) in [5, 5.41) is 1.94. The molecule has 0 bridgehead atoms. The van der Waals surface area contributed by atoms with E-state index < -0.39 is 9.84 Å². The van der Waals surface area contributed by atoms with E-state index in [1.54, 1.807) is 16.0 Å². The van der Waals surface area contributed by atoms with Crippen molar-refractivity contribution >= 4 is 37.7 Å². The maximum absolute atomic E-state index is 12.8. The maximum Gasteiger partial charge on any atom is 0.201 e. The zero-order valence-electron chi connectivity index (χ0n) is 11.6. The van der Waals surface area contributed by atoms with Gasteiger partial charge in [-0.2, -0.15) is 0 Å². The predicted octanol–water partition coefficient (Wildman–Crippen LogP) is 3.51. The number of rotatable bonds is 3. The van der Waals surface area contributed by atoms with Crippen molar-refractivity contribution in [3.63, 3.8) is 0 Å². The normalized spacial score (nSPS) is 14.6. The number of aromatic nitrogens is 2. The number of aryl methyl sites for hydroxylation is 2. The van der Waals surface area contributed by atoms with E-state index in [1.165, 1.54) is 22.5 Å². The highest BCUT2D eigenvalue weighted by molar-refractivity contribution is 7.90. The van der Waals surface area contributed by atoms with Gasteiger partial charge in [-0.25, -0.2) is 13.4 Å². The number of hydrogen-bond acceptors (Lipinski definition) is 4. The fraction of sp³-hybridized carbons (Fsp3) is 0.267. The third kappa shape index (κ3) is 2.26. The van der Waals surface area contributed by atoms with Gasteiger partial charge in [0, 0.05) is 11.6 Å². The molecule has 0 aliphatic heterocycles. The monoisotopic (exact) mass is 352 g/mol. The summed E-state index contributed by atoms with van der Waals surface area (Å²) in [6.07, 6.45) is 4.96. The van der Waals surface area contributed by atoms with Crippen LogP contribution in [0.4, 0.5) is 0 Å². The molecule has 1 aromatic carbocycles. The van der Waals surface area contributed by atoms with E-state index in [0.717, 1.165) is 24.8 Å². The molecule has 22 heavy (non-hydrogen) atoms. The van der Waals surface area contributed by atoms with E-state index in [1.807, 2.05) is 18.2 Å². The quantitative estimate of drug-likeness (QED) is 0.724. The molecule has 4 rings (SSSR count). The summed E-state index contributed by atoms with van der Waals surface area (Å²) >= 11 is 7.41. The van der Waals surface area contributed by atoms with Crippen molar-refractivity contribution in [1.82, 2.24) is 9.38 Å². The van der Waals surface area contributed by atoms with Crippen LogP contribution >= 0.6 is 22.9 Å². The standard InChI is InChI=1S/C15H13ClN2O2S2/c16-13-14(18-6-7-21-15(18)17-13)22(19,20)9-10-4-5-11-2-1-3-12(11)8-10/h4-8H,1-3,9H2. The first kappa shape index (κ1) is 14.2. The van der Waals surface area contributed by atoms with Crippen molar-refractivity contribution in [1.29, 1.82) is 0 Å². The molecule has 0 unspecified atom stereocenters. The SMILES string of the molecule is O=S(=O)(Cc1ccc2c(c1)CCC2)c1c(Cl)nc2sccn12. The highest BCUT2D eigenvalue weighted by Crippen LogP contribution is 2.29. The highest BCUT2D eigenvalue weighted by atomic mass is 35.5. The first-order chi connectivity index (χ1) is 10.5. The van der Waals surface area contributed by atoms with Crippen molar-refractivity contribution in [2.24, 2.45) is 0 Å². The molecule has 0 N–H and O–H groups in total. The van der Waals surface area contributed by atoms with Crippen molar-refractivity contribution in [3.8, 4) is 0 Å². The summed E-state index contributed by atoms with van der Waals surface area (Å²) in [4.78, 5) is 4.70. The number of fused-ring (bicyclic) bond motifs is 2. The first-order valence-electron chi connectivity index (χ1n) is 6.99. The molecular formula is C15H13ClN2O2S2. The van der Waals surface area contributed by atoms with Gasteiger partial charge in [0.05, 0.1) is 5.75 Å². The Morgan fingerprint density at radius 3 is 2.95 bits per heavy atom. The molecular weight excluding hydrogens is 340 g/mol. The lowest BCUT2D eigenvalue weighted by Gasteiger charge is -2.06. The van der Waals surface area contributed by atoms with E-state index in [2.05, 4.69) is 4.98 Å². The highest BCUT2D eigenvalue weighted by Gasteiger charge is 2.26. The molecule has 0 spiro atoms. The van der Waals surface area contributed by atoms with Crippen LogP contribution in [-0.4, -0.2) is 17.8 Å². The Morgan fingerprint density at radius 1 is 1.27 bits per heavy atom. The van der Waals surface area contributed by atoms with Gasteiger partial charge in [0.1, 0.15) is 0 Å². The third-order valence-electron chi connectivity index (χ3n) is 3.99. The molecule has 1 aliphatic rings. The lowest BCUT2D eigenvalue weighted by atomic mass is 10.1. The molecule has 2 aromatic heterocycles. The summed E-state index contributed by atoms with van der Waals surface area (Å²) in [7, 11) is -3.54. The van der Waals surface area contributed by atoms with Crippen LogP contribution in [-0.2, 0) is 28.4 Å². The third-order valence-corrected chi connectivity index (χ3v) is 6.82. The molecule has 0 amide bonds. The van der Waals surface area contributed by atoms with Gasteiger partial charge >= 0.3 is 0 Å². The Labute approximate surface area is 137 Å². The molecule has 3 aromatic rings. The molecule has 0 saturated carbocycles. The summed E-state index contributed by atoms with van der Waals surface area (Å²) in [6, 6.07) is 5.96. The van der Waals surface area contributed by atoms with E-state index in [4.69, 9.17) is 11.6 Å². The van der Waals surface area contributed by atoms with Crippen molar-refractivity contribution < 1.29 is 8.42 Å². The number of thiazole rings is 1. The molecule has 0 fully saturated rings. The minimum atomic E-state index is -3.54. The zero-order valence-corrected chi connectivity index (χ0v) is 14.0. The number of hydrogen-bond donors (Lipinski definition) is 0. The van der Waals surface area contributed by atoms with Crippen LogP contribution in [0.3, 0.4) is 0 Å². The number of sulfone groups is 1. The van der Waals surface area contributed by atoms with Gasteiger partial charge in [-0.3, -0.25) is 4.40 Å². The van der Waals surface area contributed by atoms with E-state index in [9.17, 15) is 8.42 Å². The smallest absolute Gasteiger partial charge is 0.201 e. The van der Waals surface area contributed by atoms with Gasteiger partial charge in [0.2, 0.25) is 9.84 Å². The van der Waals surface area contributed by atoms with Gasteiger partial charge in [0.15, 0.2) is 15.1 Å². The lowest BCUT2D eigenvalue weighted by Crippen LogP contribution is -2.08. The summed E-state index contributed by atoms with van der Waals surface area (Å²) in [6.45, 7) is 0. The van der Waals surface area contributed by atoms with Crippen LogP contribution in [0.25, 0.3) is 4.96 Å². The summed E-state index contributed by atoms with van der Waals surface area (Å²) < 4.78 is 27.1. The van der Waals surface area contributed by atoms with Gasteiger partial charge in [-0.1, -0.05) is 29.8 Å². The van der Waals surface area contributed by atoms with Crippen molar-refractivity contribution in [3.05, 3.63) is 51.6 Å². The van der Waals surface area contributed by atoms with Crippen LogP contribution < -0.4 is 0 Å². The topological polar surface area (TPSA) is 51.4 Å². The fourth-order valence-corrected chi connectivity index (χ4v) is 5.87. The fourth-order valence-electron chi connectivity index (χ4n) is 3.02. The summed E-state index contributed by atoms with van der Waals surface area (Å²) in [5.41, 5.74) is 3.42. The minimum absolute atomic E-state index is 0.0491. The minimum Gasteiger partial charge on any atom is -0.280 e. The lowest BCUT2D eigenvalue weighted by molar-refractivity contribution is 0.590. The second-order valence-corrected chi connectivity index (χ2v) is 8.61. The van der Waals surface area contributed by atoms with Crippen LogP contribution in [0.2, 0.25) is 5.15 Å². The Morgan fingerprint density at radius 2 is 2.09 bits per heavy atom. The zero-order chi connectivity index (χ0) is 15.3. The number of benzene rings is 1. The first-order valence-corrected chi connectivity index (χ1v) is 9.90. The maximum atomic E-state index is 12.8. The number of halogens is 1. The average Bonchev–Trinajstić information content (AvgIpc) is 3.11. The van der Waals surface area contributed by atoms with Gasteiger partial charge in [0.25, 0.3) is 0 Å². The van der Waals surface area contributed by atoms with Gasteiger partial charge in [-0.15, -0.1) is 11.3 Å². The molecule has 1 aliphatic carbocycles. The molecule has 0 radical (unpaired) electrons. The molecule has 114 valence electrons. The van der Waals surface area contributed by atoms with E-state index >= 15 is 0 Å². The second kappa shape index (κ2) is 5.08. The van der Waals surface area contributed by atoms with Crippen molar-refractivity contribution in [2.45, 2.75) is 30.0 Å². The van der Waals surface area contributed by atoms with Crippen LogP contribution in [0.5, 0.6) is 0 Å². The largest absolute Gasteiger partial charge is 0.280 e. The summed E-state index contributed by atoms with van der Waals surface area (Å²) in [5.74, 6) is -0.0519. The number of imidazole rings is 1. The molecule has 0 atom stereocenters. The van der Waals surface area contributed by atoms with E-state index in [0.29, 0.717) is 4.96 Å². The molecule has 4 nitrogen and oxygen atoms in total. The van der Waals surface area contributed by atoms with Crippen LogP contribution in [0.15, 0.2) is 34.8 Å².